The van der Waals surface area contributed by atoms with Crippen molar-refractivity contribution in [2.45, 2.75) is 11.8 Å². The molecule has 1 nitrogen and oxygen atoms in total. The van der Waals surface area contributed by atoms with Gasteiger partial charge in [0.05, 0.1) is 0 Å². The molecule has 0 amide bonds. The van der Waals surface area contributed by atoms with Crippen molar-refractivity contribution >= 4 is 23.1 Å². The number of fused-ring (bicyclic) bond motifs is 2. The van der Waals surface area contributed by atoms with Crippen LogP contribution in [0.2, 0.25) is 0 Å². The van der Waals surface area contributed by atoms with E-state index in [1.807, 2.05) is 49.6 Å². The van der Waals surface area contributed by atoms with E-state index in [1.54, 1.807) is 11.8 Å². The molecule has 0 aliphatic heterocycles. The summed E-state index contributed by atoms with van der Waals surface area (Å²) in [5, 5.41) is 0. The molecule has 0 N–H and O–H groups in total. The van der Waals surface area contributed by atoms with Gasteiger partial charge in [0.15, 0.2) is 5.78 Å². The van der Waals surface area contributed by atoms with Gasteiger partial charge in [-0.25, -0.2) is 0 Å². The first-order chi connectivity index (χ1) is 9.69. The maximum atomic E-state index is 12.8. The predicted octanol–water partition coefficient (Wildman–Crippen LogP) is 4.48. The quantitative estimate of drug-likeness (QED) is 0.482. The van der Waals surface area contributed by atoms with Crippen molar-refractivity contribution in [3.63, 3.8) is 0 Å². The summed E-state index contributed by atoms with van der Waals surface area (Å²) in [6, 6.07) is 11.8. The van der Waals surface area contributed by atoms with Crippen LogP contribution in [-0.4, -0.2) is 12.0 Å². The number of thioether (sulfide) groups is 1. The molecule has 0 heterocycles. The number of hydrogen-bond donors (Lipinski definition) is 0. The van der Waals surface area contributed by atoms with Crippen LogP contribution < -0.4 is 0 Å². The van der Waals surface area contributed by atoms with E-state index in [4.69, 9.17) is 0 Å². The van der Waals surface area contributed by atoms with Gasteiger partial charge in [0.2, 0.25) is 0 Å². The van der Waals surface area contributed by atoms with Crippen LogP contribution in [-0.2, 0) is 0 Å². The minimum atomic E-state index is 0.100. The van der Waals surface area contributed by atoms with Crippen molar-refractivity contribution in [2.75, 3.05) is 6.26 Å². The molecule has 2 aromatic carbocycles. The van der Waals surface area contributed by atoms with E-state index in [2.05, 4.69) is 12.3 Å². The fraction of sp³-hybridized carbons (Fsp3) is 0.111. The van der Waals surface area contributed by atoms with Crippen LogP contribution in [0.3, 0.4) is 0 Å². The van der Waals surface area contributed by atoms with Gasteiger partial charge >= 0.3 is 0 Å². The summed E-state index contributed by atoms with van der Waals surface area (Å²) >= 11 is 1.64. The van der Waals surface area contributed by atoms with Crippen LogP contribution in [0.15, 0.2) is 53.6 Å². The Labute approximate surface area is 123 Å². The molecule has 1 aliphatic carbocycles. The Hall–Kier alpha value is -2.02. The van der Waals surface area contributed by atoms with E-state index < -0.39 is 0 Å². The topological polar surface area (TPSA) is 17.1 Å². The minimum absolute atomic E-state index is 0.100. The largest absolute Gasteiger partial charge is 0.289 e. The fourth-order valence-corrected chi connectivity index (χ4v) is 3.41. The molecule has 0 saturated heterocycles. The molecule has 0 saturated carbocycles. The Kier molecular flexibility index (Phi) is 3.13. The van der Waals surface area contributed by atoms with Gasteiger partial charge in [0, 0.05) is 32.7 Å². The van der Waals surface area contributed by atoms with E-state index in [9.17, 15) is 4.79 Å². The molecular weight excluding hydrogens is 264 g/mol. The molecule has 3 rings (SSSR count). The molecule has 0 spiro atoms. The van der Waals surface area contributed by atoms with Gasteiger partial charge in [-0.3, -0.25) is 4.79 Å². The second kappa shape index (κ2) is 4.82. The summed E-state index contributed by atoms with van der Waals surface area (Å²) in [5.74, 6) is 0.100. The highest BCUT2D eigenvalue weighted by molar-refractivity contribution is 7.98. The van der Waals surface area contributed by atoms with Gasteiger partial charge in [-0.2, -0.15) is 0 Å². The Morgan fingerprint density at radius 3 is 2.45 bits per heavy atom. The van der Waals surface area contributed by atoms with Gasteiger partial charge in [-0.05, 0) is 24.8 Å². The first kappa shape index (κ1) is 13.0. The van der Waals surface area contributed by atoms with Crippen LogP contribution in [0.1, 0.15) is 32.6 Å². The number of ketones is 1. The van der Waals surface area contributed by atoms with Crippen LogP contribution in [0.25, 0.3) is 5.57 Å². The highest BCUT2D eigenvalue weighted by atomic mass is 32.2. The number of rotatable bonds is 1. The molecule has 2 aromatic rings. The zero-order chi connectivity index (χ0) is 14.3. The second-order valence-electron chi connectivity index (χ2n) is 4.76. The molecule has 0 unspecified atom stereocenters. The lowest BCUT2D eigenvalue weighted by Crippen LogP contribution is -2.16. The minimum Gasteiger partial charge on any atom is -0.289 e. The monoisotopic (exact) mass is 278 g/mol. The number of hydrogen-bond acceptors (Lipinski definition) is 2. The molecule has 0 radical (unpaired) electrons. The van der Waals surface area contributed by atoms with E-state index in [-0.39, 0.29) is 5.78 Å². The second-order valence-corrected chi connectivity index (χ2v) is 5.61. The van der Waals surface area contributed by atoms with Crippen LogP contribution >= 0.6 is 11.8 Å². The highest BCUT2D eigenvalue weighted by Gasteiger charge is 2.29. The van der Waals surface area contributed by atoms with Crippen molar-refractivity contribution in [2.24, 2.45) is 0 Å². The molecule has 20 heavy (non-hydrogen) atoms. The molecule has 2 heteroatoms. The van der Waals surface area contributed by atoms with E-state index in [0.29, 0.717) is 0 Å². The van der Waals surface area contributed by atoms with E-state index in [1.165, 1.54) is 0 Å². The van der Waals surface area contributed by atoms with E-state index >= 15 is 0 Å². The maximum Gasteiger partial charge on any atom is 0.194 e. The van der Waals surface area contributed by atoms with Crippen molar-refractivity contribution < 1.29 is 4.79 Å². The van der Waals surface area contributed by atoms with Gasteiger partial charge in [-0.1, -0.05) is 36.9 Å². The summed E-state index contributed by atoms with van der Waals surface area (Å²) in [6.07, 6.45) is 2.02. The van der Waals surface area contributed by atoms with Gasteiger partial charge < -0.3 is 0 Å². The Morgan fingerprint density at radius 1 is 1.05 bits per heavy atom. The highest BCUT2D eigenvalue weighted by Crippen LogP contribution is 2.40. The predicted molar refractivity (Wildman–Crippen MR) is 84.5 cm³/mol. The van der Waals surface area contributed by atoms with Crippen molar-refractivity contribution in [1.29, 1.82) is 0 Å². The molecule has 1 aliphatic rings. The normalized spacial score (nSPS) is 12.7. The lowest BCUT2D eigenvalue weighted by atomic mass is 9.80. The Bertz CT molecular complexity index is 780. The van der Waals surface area contributed by atoms with Crippen molar-refractivity contribution in [3.8, 4) is 0 Å². The number of benzene rings is 2. The Balaban J connectivity index is 2.44. The zero-order valence-electron chi connectivity index (χ0n) is 11.5. The number of aryl methyl sites for hydroxylation is 1. The molecule has 98 valence electrons. The summed E-state index contributed by atoms with van der Waals surface area (Å²) < 4.78 is 0. The third kappa shape index (κ3) is 1.70. The third-order valence-electron chi connectivity index (χ3n) is 3.69. The molecule has 0 aromatic heterocycles. The smallest absolute Gasteiger partial charge is 0.194 e. The fourth-order valence-electron chi connectivity index (χ4n) is 2.78. The maximum absolute atomic E-state index is 12.8. The summed E-state index contributed by atoms with van der Waals surface area (Å²) in [6.45, 7) is 5.80. The molecule has 0 atom stereocenters. The van der Waals surface area contributed by atoms with Gasteiger partial charge in [-0.15, -0.1) is 17.5 Å². The van der Waals surface area contributed by atoms with Crippen molar-refractivity contribution in [3.05, 3.63) is 76.5 Å². The number of carbonyl (C=O) groups excluding carboxylic acids is 1. The average Bonchev–Trinajstić information content (AvgIpc) is 2.47. The van der Waals surface area contributed by atoms with Crippen LogP contribution in [0.4, 0.5) is 0 Å². The molecule has 0 bridgehead atoms. The van der Waals surface area contributed by atoms with Gasteiger partial charge in [0.1, 0.15) is 0 Å². The van der Waals surface area contributed by atoms with Crippen molar-refractivity contribution in [1.82, 2.24) is 0 Å². The SMILES string of the molecule is C=C=C1c2cccc(C)c2C(=O)c2cccc(SC)c21. The van der Waals surface area contributed by atoms with Crippen LogP contribution in [0.5, 0.6) is 0 Å². The van der Waals surface area contributed by atoms with E-state index in [0.717, 1.165) is 38.3 Å². The summed E-state index contributed by atoms with van der Waals surface area (Å²) in [5.41, 5.74) is 8.42. The molecule has 0 fully saturated rings. The Morgan fingerprint density at radius 2 is 1.75 bits per heavy atom. The number of carbonyl (C=O) groups is 1. The summed E-state index contributed by atoms with van der Waals surface area (Å²) in [7, 11) is 0. The molecular formula is C18H14OS. The third-order valence-corrected chi connectivity index (χ3v) is 4.47. The first-order valence-electron chi connectivity index (χ1n) is 6.41. The lowest BCUT2D eigenvalue weighted by molar-refractivity contribution is 0.103. The standard InChI is InChI=1S/C18H14OS/c1-4-12-13-8-5-7-11(2)16(13)18(19)14-9-6-10-15(20-3)17(12)14/h5-10H,1H2,2-3H3. The summed E-state index contributed by atoms with van der Waals surface area (Å²) in [4.78, 5) is 13.9. The average molecular weight is 278 g/mol. The van der Waals surface area contributed by atoms with Gasteiger partial charge in [0.25, 0.3) is 0 Å². The van der Waals surface area contributed by atoms with Crippen LogP contribution in [0, 0.1) is 6.92 Å². The lowest BCUT2D eigenvalue weighted by Gasteiger charge is -2.23. The zero-order valence-corrected chi connectivity index (χ0v) is 12.3. The first-order valence-corrected chi connectivity index (χ1v) is 7.63.